The first-order valence-corrected chi connectivity index (χ1v) is 7.21. The van der Waals surface area contributed by atoms with E-state index in [-0.39, 0.29) is 11.9 Å². The van der Waals surface area contributed by atoms with E-state index in [2.05, 4.69) is 26.2 Å². The van der Waals surface area contributed by atoms with Gasteiger partial charge in [0.1, 0.15) is 0 Å². The van der Waals surface area contributed by atoms with Gasteiger partial charge in [0.05, 0.1) is 15.9 Å². The summed E-state index contributed by atoms with van der Waals surface area (Å²) in [4.78, 5) is 17.0. The maximum absolute atomic E-state index is 12.0. The Labute approximate surface area is 122 Å². The standard InChI is InChI=1S/C12H10BrClN2OS/c1-7(10-2-3-11(14)18-10)16-12(17)8-4-9(13)6-15-5-8/h2-7H,1H3,(H,16,17). The second kappa shape index (κ2) is 5.82. The number of pyridine rings is 1. The van der Waals surface area contributed by atoms with Crippen LogP contribution in [0.3, 0.4) is 0 Å². The van der Waals surface area contributed by atoms with Gasteiger partial charge in [-0.3, -0.25) is 9.78 Å². The Morgan fingerprint density at radius 3 is 2.89 bits per heavy atom. The second-order valence-electron chi connectivity index (χ2n) is 3.73. The Morgan fingerprint density at radius 1 is 1.50 bits per heavy atom. The Bertz CT molecular complexity index is 573. The van der Waals surface area contributed by atoms with E-state index in [0.29, 0.717) is 5.56 Å². The topological polar surface area (TPSA) is 42.0 Å². The van der Waals surface area contributed by atoms with Crippen molar-refractivity contribution in [3.8, 4) is 0 Å². The van der Waals surface area contributed by atoms with Crippen LogP contribution in [0.15, 0.2) is 35.1 Å². The average molecular weight is 346 g/mol. The van der Waals surface area contributed by atoms with E-state index < -0.39 is 0 Å². The Balaban J connectivity index is 2.08. The van der Waals surface area contributed by atoms with Gasteiger partial charge in [-0.25, -0.2) is 0 Å². The molecule has 2 heterocycles. The SMILES string of the molecule is CC(NC(=O)c1cncc(Br)c1)c1ccc(Cl)s1. The Kier molecular flexibility index (Phi) is 4.37. The monoisotopic (exact) mass is 344 g/mol. The summed E-state index contributed by atoms with van der Waals surface area (Å²) in [7, 11) is 0. The number of nitrogens with zero attached hydrogens (tertiary/aromatic N) is 1. The third kappa shape index (κ3) is 3.31. The minimum absolute atomic E-state index is 0.0750. The molecule has 2 aromatic heterocycles. The molecular formula is C12H10BrClN2OS. The van der Waals surface area contributed by atoms with Crippen LogP contribution >= 0.6 is 38.9 Å². The zero-order chi connectivity index (χ0) is 13.1. The lowest BCUT2D eigenvalue weighted by molar-refractivity contribution is 0.0940. The van der Waals surface area contributed by atoms with Crippen molar-refractivity contribution in [2.75, 3.05) is 0 Å². The van der Waals surface area contributed by atoms with Crippen molar-refractivity contribution in [2.45, 2.75) is 13.0 Å². The molecular weight excluding hydrogens is 336 g/mol. The first-order valence-electron chi connectivity index (χ1n) is 5.23. The summed E-state index contributed by atoms with van der Waals surface area (Å²) in [5, 5.41) is 2.91. The molecule has 2 aromatic rings. The highest BCUT2D eigenvalue weighted by atomic mass is 79.9. The molecule has 0 saturated heterocycles. The van der Waals surface area contributed by atoms with Crippen LogP contribution in [0, 0.1) is 0 Å². The molecule has 0 aliphatic rings. The van der Waals surface area contributed by atoms with Gasteiger partial charge in [-0.15, -0.1) is 11.3 Å². The Morgan fingerprint density at radius 2 is 2.28 bits per heavy atom. The third-order valence-corrected chi connectivity index (χ3v) is 4.18. The van der Waals surface area contributed by atoms with Gasteiger partial charge in [-0.2, -0.15) is 0 Å². The summed E-state index contributed by atoms with van der Waals surface area (Å²) < 4.78 is 1.50. The summed E-state index contributed by atoms with van der Waals surface area (Å²) in [6.45, 7) is 1.92. The van der Waals surface area contributed by atoms with Crippen LogP contribution in [-0.2, 0) is 0 Å². The molecule has 0 radical (unpaired) electrons. The Hall–Kier alpha value is -0.910. The first-order chi connectivity index (χ1) is 8.56. The van der Waals surface area contributed by atoms with Crippen molar-refractivity contribution in [3.63, 3.8) is 0 Å². The minimum Gasteiger partial charge on any atom is -0.345 e. The summed E-state index contributed by atoms with van der Waals surface area (Å²) in [6.07, 6.45) is 3.17. The van der Waals surface area contributed by atoms with Crippen LogP contribution < -0.4 is 5.32 Å². The average Bonchev–Trinajstić information content (AvgIpc) is 2.76. The van der Waals surface area contributed by atoms with Gasteiger partial charge in [-0.1, -0.05) is 11.6 Å². The van der Waals surface area contributed by atoms with Gasteiger partial charge in [0.15, 0.2) is 0 Å². The van der Waals surface area contributed by atoms with E-state index in [4.69, 9.17) is 11.6 Å². The normalized spacial score (nSPS) is 12.2. The van der Waals surface area contributed by atoms with Crippen LogP contribution in [0.4, 0.5) is 0 Å². The van der Waals surface area contributed by atoms with E-state index in [1.54, 1.807) is 12.3 Å². The molecule has 0 fully saturated rings. The third-order valence-electron chi connectivity index (χ3n) is 2.34. The summed E-state index contributed by atoms with van der Waals surface area (Å²) in [5.74, 6) is -0.152. The maximum Gasteiger partial charge on any atom is 0.253 e. The van der Waals surface area contributed by atoms with Crippen molar-refractivity contribution in [1.82, 2.24) is 10.3 Å². The van der Waals surface area contributed by atoms with Crippen molar-refractivity contribution >= 4 is 44.8 Å². The van der Waals surface area contributed by atoms with Crippen molar-refractivity contribution < 1.29 is 4.79 Å². The number of halogens is 2. The number of nitrogens with one attached hydrogen (secondary N) is 1. The van der Waals surface area contributed by atoms with Crippen molar-refractivity contribution in [1.29, 1.82) is 0 Å². The molecule has 1 N–H and O–H groups in total. The van der Waals surface area contributed by atoms with E-state index in [0.717, 1.165) is 13.7 Å². The smallest absolute Gasteiger partial charge is 0.253 e. The van der Waals surface area contributed by atoms with Crippen LogP contribution in [0.1, 0.15) is 28.2 Å². The minimum atomic E-state index is -0.152. The van der Waals surface area contributed by atoms with Crippen molar-refractivity contribution in [2.24, 2.45) is 0 Å². The number of amides is 1. The number of aromatic nitrogens is 1. The number of hydrogen-bond donors (Lipinski definition) is 1. The number of thiophene rings is 1. The molecule has 1 unspecified atom stereocenters. The van der Waals surface area contributed by atoms with Gasteiger partial charge >= 0.3 is 0 Å². The molecule has 6 heteroatoms. The molecule has 2 rings (SSSR count). The molecule has 94 valence electrons. The van der Waals surface area contributed by atoms with Gasteiger partial charge in [0.25, 0.3) is 5.91 Å². The number of rotatable bonds is 3. The van der Waals surface area contributed by atoms with E-state index in [9.17, 15) is 4.79 Å². The van der Waals surface area contributed by atoms with Gasteiger partial charge in [-0.05, 0) is 41.1 Å². The number of carbonyl (C=O) groups excluding carboxylic acids is 1. The number of hydrogen-bond acceptors (Lipinski definition) is 3. The fourth-order valence-electron chi connectivity index (χ4n) is 1.45. The van der Waals surface area contributed by atoms with Gasteiger partial charge < -0.3 is 5.32 Å². The fraction of sp³-hybridized carbons (Fsp3) is 0.167. The molecule has 0 aliphatic carbocycles. The quantitative estimate of drug-likeness (QED) is 0.912. The number of carbonyl (C=O) groups is 1. The zero-order valence-electron chi connectivity index (χ0n) is 9.48. The lowest BCUT2D eigenvalue weighted by Gasteiger charge is -2.12. The van der Waals surface area contributed by atoms with E-state index in [1.807, 2.05) is 19.1 Å². The highest BCUT2D eigenvalue weighted by Gasteiger charge is 2.13. The zero-order valence-corrected chi connectivity index (χ0v) is 12.6. The molecule has 0 aromatic carbocycles. The highest BCUT2D eigenvalue weighted by Crippen LogP contribution is 2.26. The summed E-state index contributed by atoms with van der Waals surface area (Å²) >= 11 is 10.6. The van der Waals surface area contributed by atoms with Gasteiger partial charge in [0, 0.05) is 21.7 Å². The van der Waals surface area contributed by atoms with Crippen LogP contribution in [0.2, 0.25) is 4.34 Å². The second-order valence-corrected chi connectivity index (χ2v) is 6.39. The molecule has 0 bridgehead atoms. The molecule has 0 aliphatic heterocycles. The molecule has 18 heavy (non-hydrogen) atoms. The van der Waals surface area contributed by atoms with E-state index in [1.165, 1.54) is 17.5 Å². The van der Waals surface area contributed by atoms with Crippen LogP contribution in [-0.4, -0.2) is 10.9 Å². The molecule has 0 spiro atoms. The van der Waals surface area contributed by atoms with Crippen molar-refractivity contribution in [3.05, 3.63) is 49.8 Å². The molecule has 0 saturated carbocycles. The highest BCUT2D eigenvalue weighted by molar-refractivity contribution is 9.10. The predicted molar refractivity (Wildman–Crippen MR) is 77.1 cm³/mol. The lowest BCUT2D eigenvalue weighted by Crippen LogP contribution is -2.26. The molecule has 1 amide bonds. The molecule has 1 atom stereocenters. The van der Waals surface area contributed by atoms with E-state index >= 15 is 0 Å². The van der Waals surface area contributed by atoms with Crippen LogP contribution in [0.5, 0.6) is 0 Å². The van der Waals surface area contributed by atoms with Gasteiger partial charge in [0.2, 0.25) is 0 Å². The summed E-state index contributed by atoms with van der Waals surface area (Å²) in [5.41, 5.74) is 0.527. The maximum atomic E-state index is 12.0. The largest absolute Gasteiger partial charge is 0.345 e. The lowest BCUT2D eigenvalue weighted by atomic mass is 10.2. The first kappa shape index (κ1) is 13.5. The predicted octanol–water partition coefficient (Wildman–Crippen LogP) is 4.05. The van der Waals surface area contributed by atoms with Crippen LogP contribution in [0.25, 0.3) is 0 Å². The summed E-state index contributed by atoms with van der Waals surface area (Å²) in [6, 6.07) is 5.40. The molecule has 3 nitrogen and oxygen atoms in total. The fourth-order valence-corrected chi connectivity index (χ4v) is 2.88.